The van der Waals surface area contributed by atoms with E-state index < -0.39 is 6.10 Å². The molecule has 2 nitrogen and oxygen atoms in total. The highest BCUT2D eigenvalue weighted by molar-refractivity contribution is 7.10. The van der Waals surface area contributed by atoms with Crippen LogP contribution in [0, 0.1) is 12.8 Å². The maximum absolute atomic E-state index is 11.7. The number of hydrogen-bond donors (Lipinski definition) is 1. The highest BCUT2D eigenvalue weighted by atomic mass is 32.1. The zero-order valence-electron chi connectivity index (χ0n) is 7.49. The molecule has 0 amide bonds. The number of aliphatic hydroxyl groups is 1. The van der Waals surface area contributed by atoms with E-state index in [2.05, 4.69) is 0 Å². The van der Waals surface area contributed by atoms with Crippen LogP contribution in [0.3, 0.4) is 0 Å². The average Bonchev–Trinajstić information content (AvgIpc) is 2.87. The Hall–Kier alpha value is -0.670. The maximum Gasteiger partial charge on any atom is 0.192 e. The van der Waals surface area contributed by atoms with Crippen molar-refractivity contribution in [2.45, 2.75) is 25.9 Å². The second kappa shape index (κ2) is 3.24. The Morgan fingerprint density at radius 1 is 1.69 bits per heavy atom. The fourth-order valence-electron chi connectivity index (χ4n) is 1.43. The van der Waals surface area contributed by atoms with Crippen molar-refractivity contribution in [2.75, 3.05) is 0 Å². The molecule has 1 unspecified atom stereocenters. The summed E-state index contributed by atoms with van der Waals surface area (Å²) in [6, 6.07) is 1.80. The van der Waals surface area contributed by atoms with Crippen LogP contribution in [0.15, 0.2) is 11.4 Å². The van der Waals surface area contributed by atoms with Gasteiger partial charge in [-0.25, -0.2) is 0 Å². The predicted octanol–water partition coefficient (Wildman–Crippen LogP) is 2.01. The molecular formula is C10H12O2S. The Balaban J connectivity index is 2.16. The van der Waals surface area contributed by atoms with E-state index in [0.717, 1.165) is 17.7 Å². The highest BCUT2D eigenvalue weighted by Gasteiger charge is 2.35. The topological polar surface area (TPSA) is 37.3 Å². The van der Waals surface area contributed by atoms with Gasteiger partial charge in [0.15, 0.2) is 5.78 Å². The summed E-state index contributed by atoms with van der Waals surface area (Å²) in [5.41, 5.74) is 0.699. The van der Waals surface area contributed by atoms with Gasteiger partial charge in [-0.05, 0) is 37.1 Å². The molecule has 1 aliphatic carbocycles. The normalized spacial score (nSPS) is 18.6. The van der Waals surface area contributed by atoms with Gasteiger partial charge in [-0.1, -0.05) is 0 Å². The number of thiophene rings is 1. The zero-order valence-corrected chi connectivity index (χ0v) is 8.30. The number of aryl methyl sites for hydroxylation is 1. The predicted molar refractivity (Wildman–Crippen MR) is 52.1 cm³/mol. The third-order valence-electron chi connectivity index (χ3n) is 2.46. The number of rotatable bonds is 3. The van der Waals surface area contributed by atoms with Crippen LogP contribution in [0.1, 0.15) is 28.1 Å². The second-order valence-corrected chi connectivity index (χ2v) is 4.66. The van der Waals surface area contributed by atoms with Crippen molar-refractivity contribution >= 4 is 17.1 Å². The van der Waals surface area contributed by atoms with Gasteiger partial charge in [0.2, 0.25) is 0 Å². The lowest BCUT2D eigenvalue weighted by Gasteiger charge is -2.06. The molecule has 3 heteroatoms. The lowest BCUT2D eigenvalue weighted by Crippen LogP contribution is -2.22. The van der Waals surface area contributed by atoms with Crippen molar-refractivity contribution in [1.82, 2.24) is 0 Å². The molecule has 0 spiro atoms. The third-order valence-corrected chi connectivity index (χ3v) is 3.31. The SMILES string of the molecule is Cc1sccc1C(=O)C(O)C1CC1. The van der Waals surface area contributed by atoms with Crippen LogP contribution < -0.4 is 0 Å². The van der Waals surface area contributed by atoms with Crippen LogP contribution in [0.5, 0.6) is 0 Å². The van der Waals surface area contributed by atoms with E-state index in [1.807, 2.05) is 12.3 Å². The van der Waals surface area contributed by atoms with Gasteiger partial charge >= 0.3 is 0 Å². The lowest BCUT2D eigenvalue weighted by atomic mass is 10.0. The molecule has 13 heavy (non-hydrogen) atoms. The maximum atomic E-state index is 11.7. The van der Waals surface area contributed by atoms with Gasteiger partial charge in [-0.3, -0.25) is 4.79 Å². The van der Waals surface area contributed by atoms with Crippen molar-refractivity contribution in [3.8, 4) is 0 Å². The number of carbonyl (C=O) groups excluding carboxylic acids is 1. The molecule has 0 radical (unpaired) electrons. The summed E-state index contributed by atoms with van der Waals surface area (Å²) in [7, 11) is 0. The van der Waals surface area contributed by atoms with Crippen molar-refractivity contribution in [3.05, 3.63) is 21.9 Å². The number of carbonyl (C=O) groups is 1. The first kappa shape index (κ1) is 8.91. The van der Waals surface area contributed by atoms with Gasteiger partial charge in [0.05, 0.1) is 0 Å². The first-order chi connectivity index (χ1) is 6.20. The van der Waals surface area contributed by atoms with Gasteiger partial charge in [-0.2, -0.15) is 0 Å². The van der Waals surface area contributed by atoms with Crippen molar-refractivity contribution < 1.29 is 9.90 Å². The summed E-state index contributed by atoms with van der Waals surface area (Å²) in [5.74, 6) is 0.132. The third kappa shape index (κ3) is 1.67. The Labute approximate surface area is 81.2 Å². The minimum absolute atomic E-state index is 0.0961. The average molecular weight is 196 g/mol. The molecule has 1 fully saturated rings. The number of hydrogen-bond acceptors (Lipinski definition) is 3. The van der Waals surface area contributed by atoms with Crippen LogP contribution in [0.25, 0.3) is 0 Å². The van der Waals surface area contributed by atoms with E-state index in [0.29, 0.717) is 5.56 Å². The van der Waals surface area contributed by atoms with Crippen molar-refractivity contribution in [2.24, 2.45) is 5.92 Å². The Morgan fingerprint density at radius 2 is 2.38 bits per heavy atom. The van der Waals surface area contributed by atoms with Crippen LogP contribution in [0.2, 0.25) is 0 Å². The fraction of sp³-hybridized carbons (Fsp3) is 0.500. The summed E-state index contributed by atoms with van der Waals surface area (Å²) < 4.78 is 0. The number of ketones is 1. The van der Waals surface area contributed by atoms with Gasteiger partial charge in [0.1, 0.15) is 6.10 Å². The molecule has 0 aliphatic heterocycles. The highest BCUT2D eigenvalue weighted by Crippen LogP contribution is 2.34. The molecule has 70 valence electrons. The Kier molecular flexibility index (Phi) is 2.22. The van der Waals surface area contributed by atoms with E-state index in [9.17, 15) is 9.90 Å². The van der Waals surface area contributed by atoms with Crippen molar-refractivity contribution in [3.63, 3.8) is 0 Å². The van der Waals surface area contributed by atoms with E-state index in [1.165, 1.54) is 0 Å². The van der Waals surface area contributed by atoms with E-state index >= 15 is 0 Å². The number of Topliss-reactive ketones (excluding diaryl/α,β-unsaturated/α-hetero) is 1. The fourth-order valence-corrected chi connectivity index (χ4v) is 2.13. The quantitative estimate of drug-likeness (QED) is 0.751. The standard InChI is InChI=1S/C10H12O2S/c1-6-8(4-5-13-6)10(12)9(11)7-2-3-7/h4-5,7,9,11H,2-3H2,1H3. The first-order valence-electron chi connectivity index (χ1n) is 4.46. The van der Waals surface area contributed by atoms with E-state index in [4.69, 9.17) is 0 Å². The summed E-state index contributed by atoms with van der Waals surface area (Å²) in [5, 5.41) is 11.5. The van der Waals surface area contributed by atoms with Gasteiger partial charge in [-0.15, -0.1) is 11.3 Å². The molecule has 1 aromatic rings. The van der Waals surface area contributed by atoms with Crippen LogP contribution >= 0.6 is 11.3 Å². The van der Waals surface area contributed by atoms with E-state index in [-0.39, 0.29) is 11.7 Å². The molecule has 1 aliphatic rings. The molecule has 1 saturated carbocycles. The monoisotopic (exact) mass is 196 g/mol. The minimum atomic E-state index is -0.756. The van der Waals surface area contributed by atoms with Gasteiger partial charge in [0, 0.05) is 10.4 Å². The molecule has 0 bridgehead atoms. The number of aliphatic hydroxyl groups excluding tert-OH is 1. The van der Waals surface area contributed by atoms with Gasteiger partial charge in [0.25, 0.3) is 0 Å². The molecule has 1 atom stereocenters. The van der Waals surface area contributed by atoms with Crippen LogP contribution in [-0.4, -0.2) is 17.0 Å². The first-order valence-corrected chi connectivity index (χ1v) is 5.34. The molecule has 1 N–H and O–H groups in total. The van der Waals surface area contributed by atoms with E-state index in [1.54, 1.807) is 17.4 Å². The molecule has 1 heterocycles. The van der Waals surface area contributed by atoms with Crippen LogP contribution in [0.4, 0.5) is 0 Å². The van der Waals surface area contributed by atoms with Gasteiger partial charge < -0.3 is 5.11 Å². The zero-order chi connectivity index (χ0) is 9.42. The molecule has 1 aromatic heterocycles. The summed E-state index contributed by atoms with van der Waals surface area (Å²) in [6.07, 6.45) is 1.24. The molecule has 0 aromatic carbocycles. The Morgan fingerprint density at radius 3 is 2.85 bits per heavy atom. The van der Waals surface area contributed by atoms with Crippen molar-refractivity contribution in [1.29, 1.82) is 0 Å². The lowest BCUT2D eigenvalue weighted by molar-refractivity contribution is 0.0704. The molecular weight excluding hydrogens is 184 g/mol. The Bertz CT molecular complexity index is 325. The summed E-state index contributed by atoms with van der Waals surface area (Å²) in [6.45, 7) is 1.91. The summed E-state index contributed by atoms with van der Waals surface area (Å²) in [4.78, 5) is 12.7. The molecule has 2 rings (SSSR count). The largest absolute Gasteiger partial charge is 0.385 e. The van der Waals surface area contributed by atoms with Crippen LogP contribution in [-0.2, 0) is 0 Å². The second-order valence-electron chi connectivity index (χ2n) is 3.54. The smallest absolute Gasteiger partial charge is 0.192 e. The summed E-state index contributed by atoms with van der Waals surface area (Å²) >= 11 is 1.55. The minimum Gasteiger partial charge on any atom is -0.385 e. The molecule has 0 saturated heterocycles.